The van der Waals surface area contributed by atoms with Crippen molar-refractivity contribution in [2.24, 2.45) is 0 Å². The molecule has 1 heterocycles. The number of methoxy groups -OCH3 is 1. The molecule has 0 spiro atoms. The van der Waals surface area contributed by atoms with Crippen molar-refractivity contribution in [3.63, 3.8) is 0 Å². The van der Waals surface area contributed by atoms with Crippen LogP contribution in [0.2, 0.25) is 0 Å². The molecule has 8 heteroatoms. The second kappa shape index (κ2) is 6.35. The van der Waals surface area contributed by atoms with Gasteiger partial charge < -0.3 is 9.84 Å². The van der Waals surface area contributed by atoms with Crippen molar-refractivity contribution in [1.29, 1.82) is 0 Å². The van der Waals surface area contributed by atoms with Crippen LogP contribution in [0.1, 0.15) is 10.4 Å². The van der Waals surface area contributed by atoms with Gasteiger partial charge in [-0.1, -0.05) is 12.1 Å². The maximum Gasteiger partial charge on any atom is 0.341 e. The van der Waals surface area contributed by atoms with Crippen molar-refractivity contribution < 1.29 is 23.1 Å². The number of carboxylic acid groups (broad SMARTS) is 1. The van der Waals surface area contributed by atoms with Crippen LogP contribution in [-0.2, 0) is 10.0 Å². The molecule has 23 heavy (non-hydrogen) atoms. The van der Waals surface area contributed by atoms with Gasteiger partial charge in [-0.15, -0.1) is 0 Å². The maximum absolute atomic E-state index is 12.0. The molecule has 1 aromatic heterocycles. The fourth-order valence-corrected chi connectivity index (χ4v) is 2.86. The highest BCUT2D eigenvalue weighted by atomic mass is 32.2. The fraction of sp³-hybridized carbons (Fsp3) is 0.200. The van der Waals surface area contributed by atoms with Crippen LogP contribution in [0.15, 0.2) is 41.4 Å². The van der Waals surface area contributed by atoms with E-state index in [1.165, 1.54) is 45.6 Å². The van der Waals surface area contributed by atoms with Gasteiger partial charge in [0.1, 0.15) is 5.56 Å². The van der Waals surface area contributed by atoms with Gasteiger partial charge in [0, 0.05) is 25.9 Å². The molecule has 1 aromatic carbocycles. The summed E-state index contributed by atoms with van der Waals surface area (Å²) in [6.45, 7) is 0. The molecule has 0 amide bonds. The average molecular weight is 336 g/mol. The Morgan fingerprint density at radius 1 is 1.17 bits per heavy atom. The Morgan fingerprint density at radius 2 is 1.78 bits per heavy atom. The number of nitrogens with zero attached hydrogens (tertiary/aromatic N) is 2. The number of sulfonamides is 1. The van der Waals surface area contributed by atoms with Gasteiger partial charge >= 0.3 is 5.97 Å². The molecule has 0 bridgehead atoms. The van der Waals surface area contributed by atoms with Gasteiger partial charge in [0.05, 0.1) is 12.0 Å². The van der Waals surface area contributed by atoms with Crippen LogP contribution >= 0.6 is 0 Å². The summed E-state index contributed by atoms with van der Waals surface area (Å²) in [4.78, 5) is 15.3. The Balaban J connectivity index is 2.44. The van der Waals surface area contributed by atoms with Crippen molar-refractivity contribution in [2.75, 3.05) is 21.2 Å². The van der Waals surface area contributed by atoms with Gasteiger partial charge in [-0.3, -0.25) is 0 Å². The van der Waals surface area contributed by atoms with Crippen LogP contribution in [0.4, 0.5) is 0 Å². The van der Waals surface area contributed by atoms with Crippen LogP contribution in [0.3, 0.4) is 0 Å². The first-order valence-electron chi connectivity index (χ1n) is 6.57. The summed E-state index contributed by atoms with van der Waals surface area (Å²) in [7, 11) is 0.746. The van der Waals surface area contributed by atoms with E-state index in [-0.39, 0.29) is 16.3 Å². The molecule has 0 atom stereocenters. The van der Waals surface area contributed by atoms with Crippen LogP contribution in [0.25, 0.3) is 11.1 Å². The number of rotatable bonds is 5. The van der Waals surface area contributed by atoms with E-state index >= 15 is 0 Å². The van der Waals surface area contributed by atoms with Crippen molar-refractivity contribution in [2.45, 2.75) is 4.90 Å². The lowest BCUT2D eigenvalue weighted by atomic mass is 10.1. The van der Waals surface area contributed by atoms with Gasteiger partial charge in [0.2, 0.25) is 15.9 Å². The molecule has 7 nitrogen and oxygen atoms in total. The van der Waals surface area contributed by atoms with Crippen LogP contribution < -0.4 is 4.74 Å². The molecule has 2 aromatic rings. The molecular weight excluding hydrogens is 320 g/mol. The average Bonchev–Trinajstić information content (AvgIpc) is 2.54. The maximum atomic E-state index is 12.0. The number of carbonyl (C=O) groups is 1. The largest absolute Gasteiger partial charge is 0.480 e. The Kier molecular flexibility index (Phi) is 4.67. The Morgan fingerprint density at radius 3 is 2.26 bits per heavy atom. The summed E-state index contributed by atoms with van der Waals surface area (Å²) in [5, 5.41) is 9.18. The molecule has 122 valence electrons. The minimum atomic E-state index is -3.50. The second-order valence-corrected chi connectivity index (χ2v) is 7.05. The molecule has 0 fully saturated rings. The molecule has 0 saturated heterocycles. The van der Waals surface area contributed by atoms with Gasteiger partial charge in [0.15, 0.2) is 0 Å². The molecule has 1 N–H and O–H groups in total. The molecule has 0 aliphatic carbocycles. The third-order valence-corrected chi connectivity index (χ3v) is 5.07. The predicted molar refractivity (Wildman–Crippen MR) is 84.1 cm³/mol. The van der Waals surface area contributed by atoms with E-state index in [9.17, 15) is 18.3 Å². The van der Waals surface area contributed by atoms with Gasteiger partial charge in [-0.25, -0.2) is 22.5 Å². The zero-order valence-electron chi connectivity index (χ0n) is 12.8. The molecule has 0 radical (unpaired) electrons. The summed E-state index contributed by atoms with van der Waals surface area (Å²) in [5.41, 5.74) is 1.15. The highest BCUT2D eigenvalue weighted by Crippen LogP contribution is 2.26. The van der Waals surface area contributed by atoms with E-state index in [1.54, 1.807) is 12.1 Å². The number of benzene rings is 1. The standard InChI is InChI=1S/C15H16N2O5S/c1-17(2)23(20,21)12-6-4-10(5-7-12)11-8-13(15(18)19)14(22-3)16-9-11/h4-9H,1-3H3,(H,18,19). The molecule has 0 unspecified atom stereocenters. The zero-order chi connectivity index (χ0) is 17.2. The molecule has 0 aliphatic heterocycles. The first-order chi connectivity index (χ1) is 10.8. The van der Waals surface area contributed by atoms with E-state index in [1.807, 2.05) is 0 Å². The summed E-state index contributed by atoms with van der Waals surface area (Å²) < 4.78 is 30.1. The number of ether oxygens (including phenoxy) is 1. The molecule has 0 aliphatic rings. The topological polar surface area (TPSA) is 96.8 Å². The zero-order valence-corrected chi connectivity index (χ0v) is 13.7. The minimum absolute atomic E-state index is 0.0213. The number of pyridine rings is 1. The lowest BCUT2D eigenvalue weighted by Gasteiger charge is -2.12. The summed E-state index contributed by atoms with van der Waals surface area (Å²) in [6, 6.07) is 7.57. The van der Waals surface area contributed by atoms with Gasteiger partial charge in [-0.05, 0) is 23.8 Å². The normalized spacial score (nSPS) is 11.5. The molecule has 0 saturated carbocycles. The predicted octanol–water partition coefficient (Wildman–Crippen LogP) is 1.71. The summed E-state index contributed by atoms with van der Waals surface area (Å²) in [6.07, 6.45) is 1.47. The summed E-state index contributed by atoms with van der Waals surface area (Å²) in [5.74, 6) is -1.13. The SMILES string of the molecule is COc1ncc(-c2ccc(S(=O)(=O)N(C)C)cc2)cc1C(=O)O. The molecule has 2 rings (SSSR count). The van der Waals surface area contributed by atoms with Crippen molar-refractivity contribution in [3.05, 3.63) is 42.1 Å². The Bertz CT molecular complexity index is 829. The van der Waals surface area contributed by atoms with Crippen molar-refractivity contribution in [3.8, 4) is 17.0 Å². The summed E-state index contributed by atoms with van der Waals surface area (Å²) >= 11 is 0. The third-order valence-electron chi connectivity index (χ3n) is 3.24. The second-order valence-electron chi connectivity index (χ2n) is 4.90. The smallest absolute Gasteiger partial charge is 0.341 e. The lowest BCUT2D eigenvalue weighted by Crippen LogP contribution is -2.22. The molecular formula is C15H16N2O5S. The lowest BCUT2D eigenvalue weighted by molar-refractivity contribution is 0.0692. The first kappa shape index (κ1) is 16.9. The van der Waals surface area contributed by atoms with E-state index in [4.69, 9.17) is 4.74 Å². The highest BCUT2D eigenvalue weighted by molar-refractivity contribution is 7.89. The minimum Gasteiger partial charge on any atom is -0.480 e. The fourth-order valence-electron chi connectivity index (χ4n) is 1.96. The Labute approximate surface area is 134 Å². The quantitative estimate of drug-likeness (QED) is 0.893. The van der Waals surface area contributed by atoms with E-state index in [0.29, 0.717) is 11.1 Å². The van der Waals surface area contributed by atoms with Crippen LogP contribution in [0, 0.1) is 0 Å². The Hall–Kier alpha value is -2.45. The number of hydrogen-bond acceptors (Lipinski definition) is 5. The van der Waals surface area contributed by atoms with Gasteiger partial charge in [-0.2, -0.15) is 0 Å². The van der Waals surface area contributed by atoms with E-state index in [0.717, 1.165) is 4.31 Å². The van der Waals surface area contributed by atoms with E-state index in [2.05, 4.69) is 4.98 Å². The first-order valence-corrected chi connectivity index (χ1v) is 8.01. The van der Waals surface area contributed by atoms with Crippen LogP contribution in [0.5, 0.6) is 5.88 Å². The number of hydrogen-bond donors (Lipinski definition) is 1. The van der Waals surface area contributed by atoms with Crippen molar-refractivity contribution >= 4 is 16.0 Å². The third kappa shape index (κ3) is 3.33. The number of aromatic nitrogens is 1. The number of aromatic carboxylic acids is 1. The van der Waals surface area contributed by atoms with Crippen molar-refractivity contribution in [1.82, 2.24) is 9.29 Å². The monoisotopic (exact) mass is 336 g/mol. The number of carboxylic acids is 1. The van der Waals surface area contributed by atoms with Crippen LogP contribution in [-0.4, -0.2) is 50.0 Å². The van der Waals surface area contributed by atoms with E-state index < -0.39 is 16.0 Å². The van der Waals surface area contributed by atoms with Gasteiger partial charge in [0.25, 0.3) is 0 Å². The highest BCUT2D eigenvalue weighted by Gasteiger charge is 2.18.